The minimum Gasteiger partial charge on any atom is -0.494 e. The Hall–Kier alpha value is -2.04. The van der Waals surface area contributed by atoms with Gasteiger partial charge in [0.2, 0.25) is 5.91 Å². The number of ether oxygens (including phenoxy) is 1. The summed E-state index contributed by atoms with van der Waals surface area (Å²) < 4.78 is 5.34. The molecule has 0 aliphatic rings. The highest BCUT2D eigenvalue weighted by Gasteiger charge is 2.11. The second-order valence-corrected chi connectivity index (χ2v) is 4.52. The van der Waals surface area contributed by atoms with Crippen molar-refractivity contribution >= 4 is 11.8 Å². The van der Waals surface area contributed by atoms with Crippen molar-refractivity contribution in [1.29, 1.82) is 0 Å². The molecule has 0 fully saturated rings. The van der Waals surface area contributed by atoms with E-state index in [1.165, 1.54) is 6.92 Å². The summed E-state index contributed by atoms with van der Waals surface area (Å²) in [4.78, 5) is 24.5. The molecule has 20 heavy (non-hydrogen) atoms. The molecule has 0 saturated heterocycles. The average molecular weight is 278 g/mol. The van der Waals surface area contributed by atoms with Crippen molar-refractivity contribution < 1.29 is 14.3 Å². The van der Waals surface area contributed by atoms with Gasteiger partial charge in [0, 0.05) is 32.6 Å². The lowest BCUT2D eigenvalue weighted by Gasteiger charge is -2.17. The Morgan fingerprint density at radius 3 is 2.45 bits per heavy atom. The highest BCUT2D eigenvalue weighted by molar-refractivity contribution is 5.94. The molecule has 0 radical (unpaired) electrons. The van der Waals surface area contributed by atoms with E-state index in [-0.39, 0.29) is 11.8 Å². The van der Waals surface area contributed by atoms with Crippen molar-refractivity contribution in [2.75, 3.05) is 26.7 Å². The lowest BCUT2D eigenvalue weighted by atomic mass is 10.2. The first-order valence-electron chi connectivity index (χ1n) is 6.77. The molecule has 1 N–H and O–H groups in total. The van der Waals surface area contributed by atoms with E-state index in [9.17, 15) is 9.59 Å². The average Bonchev–Trinajstić information content (AvgIpc) is 2.43. The molecule has 5 nitrogen and oxygen atoms in total. The Labute approximate surface area is 119 Å². The molecule has 0 aliphatic carbocycles. The van der Waals surface area contributed by atoms with Crippen LogP contribution in [0.15, 0.2) is 24.3 Å². The van der Waals surface area contributed by atoms with E-state index in [2.05, 4.69) is 5.32 Å². The summed E-state index contributed by atoms with van der Waals surface area (Å²) in [6, 6.07) is 7.11. The molecule has 0 unspecified atom stereocenters. The van der Waals surface area contributed by atoms with Crippen molar-refractivity contribution in [3.05, 3.63) is 29.8 Å². The van der Waals surface area contributed by atoms with Crippen LogP contribution in [-0.4, -0.2) is 43.5 Å². The van der Waals surface area contributed by atoms with E-state index >= 15 is 0 Å². The number of amides is 2. The number of carbonyl (C=O) groups excluding carboxylic acids is 2. The first-order chi connectivity index (χ1) is 9.54. The van der Waals surface area contributed by atoms with Gasteiger partial charge in [0.05, 0.1) is 6.61 Å². The van der Waals surface area contributed by atoms with Crippen LogP contribution in [0.5, 0.6) is 5.75 Å². The SMILES string of the molecule is CCOc1ccc(C(=O)N(C)CCCNC(C)=O)cc1. The van der Waals surface area contributed by atoms with Crippen LogP contribution in [0.3, 0.4) is 0 Å². The van der Waals surface area contributed by atoms with Crippen LogP contribution >= 0.6 is 0 Å². The first-order valence-corrected chi connectivity index (χ1v) is 6.77. The molecule has 0 bridgehead atoms. The van der Waals surface area contributed by atoms with Gasteiger partial charge in [-0.05, 0) is 37.6 Å². The zero-order valence-corrected chi connectivity index (χ0v) is 12.3. The number of hydrogen-bond donors (Lipinski definition) is 1. The summed E-state index contributed by atoms with van der Waals surface area (Å²) in [7, 11) is 1.76. The van der Waals surface area contributed by atoms with Crippen molar-refractivity contribution in [3.63, 3.8) is 0 Å². The molecule has 0 atom stereocenters. The molecule has 110 valence electrons. The Bertz CT molecular complexity index is 443. The molecule has 1 aromatic rings. The van der Waals surface area contributed by atoms with Gasteiger partial charge < -0.3 is 15.0 Å². The molecule has 1 aromatic carbocycles. The summed E-state index contributed by atoms with van der Waals surface area (Å²) in [5.74, 6) is 0.679. The number of carbonyl (C=O) groups is 2. The highest BCUT2D eigenvalue weighted by atomic mass is 16.5. The maximum atomic E-state index is 12.1. The predicted molar refractivity (Wildman–Crippen MR) is 77.9 cm³/mol. The van der Waals surface area contributed by atoms with E-state index in [1.807, 2.05) is 6.92 Å². The Morgan fingerprint density at radius 2 is 1.90 bits per heavy atom. The quantitative estimate of drug-likeness (QED) is 0.772. The number of nitrogens with zero attached hydrogens (tertiary/aromatic N) is 1. The fourth-order valence-corrected chi connectivity index (χ4v) is 1.76. The number of nitrogens with one attached hydrogen (secondary N) is 1. The monoisotopic (exact) mass is 278 g/mol. The molecule has 2 amide bonds. The third kappa shape index (κ3) is 5.30. The van der Waals surface area contributed by atoms with Gasteiger partial charge >= 0.3 is 0 Å². The van der Waals surface area contributed by atoms with E-state index in [0.717, 1.165) is 12.2 Å². The molecule has 0 aliphatic heterocycles. The Morgan fingerprint density at radius 1 is 1.25 bits per heavy atom. The van der Waals surface area contributed by atoms with Crippen LogP contribution in [0, 0.1) is 0 Å². The fraction of sp³-hybridized carbons (Fsp3) is 0.467. The third-order valence-corrected chi connectivity index (χ3v) is 2.80. The summed E-state index contributed by atoms with van der Waals surface area (Å²) in [6.45, 7) is 5.19. The van der Waals surface area contributed by atoms with E-state index in [1.54, 1.807) is 36.2 Å². The summed E-state index contributed by atoms with van der Waals surface area (Å²) in [5, 5.41) is 2.71. The second-order valence-electron chi connectivity index (χ2n) is 4.52. The minimum atomic E-state index is -0.0505. The normalized spacial score (nSPS) is 9.95. The number of hydrogen-bond acceptors (Lipinski definition) is 3. The van der Waals surface area contributed by atoms with Gasteiger partial charge in [-0.25, -0.2) is 0 Å². The van der Waals surface area contributed by atoms with Gasteiger partial charge in [-0.3, -0.25) is 9.59 Å². The number of rotatable bonds is 7. The second kappa shape index (κ2) is 8.19. The maximum Gasteiger partial charge on any atom is 0.253 e. The first kappa shape index (κ1) is 16.0. The van der Waals surface area contributed by atoms with Crippen LogP contribution in [-0.2, 0) is 4.79 Å². The zero-order valence-electron chi connectivity index (χ0n) is 12.3. The van der Waals surface area contributed by atoms with Gasteiger partial charge in [-0.1, -0.05) is 0 Å². The molecule has 5 heteroatoms. The molecule has 0 saturated carbocycles. The summed E-state index contributed by atoms with van der Waals surface area (Å²) in [5.41, 5.74) is 0.635. The van der Waals surface area contributed by atoms with Crippen LogP contribution < -0.4 is 10.1 Å². The largest absolute Gasteiger partial charge is 0.494 e. The van der Waals surface area contributed by atoms with Gasteiger partial charge in [-0.15, -0.1) is 0 Å². The highest BCUT2D eigenvalue weighted by Crippen LogP contribution is 2.13. The van der Waals surface area contributed by atoms with Crippen LogP contribution in [0.25, 0.3) is 0 Å². The van der Waals surface area contributed by atoms with Crippen LogP contribution in [0.1, 0.15) is 30.6 Å². The van der Waals surface area contributed by atoms with Gasteiger partial charge in [0.15, 0.2) is 0 Å². The standard InChI is InChI=1S/C15H22N2O3/c1-4-20-14-8-6-13(7-9-14)15(19)17(3)11-5-10-16-12(2)18/h6-9H,4-5,10-11H2,1-3H3,(H,16,18). The van der Waals surface area contributed by atoms with Gasteiger partial charge in [-0.2, -0.15) is 0 Å². The minimum absolute atomic E-state index is 0.0316. The maximum absolute atomic E-state index is 12.1. The lowest BCUT2D eigenvalue weighted by molar-refractivity contribution is -0.118. The lowest BCUT2D eigenvalue weighted by Crippen LogP contribution is -2.30. The van der Waals surface area contributed by atoms with E-state index < -0.39 is 0 Å². The topological polar surface area (TPSA) is 58.6 Å². The summed E-state index contributed by atoms with van der Waals surface area (Å²) >= 11 is 0. The molecule has 1 rings (SSSR count). The number of benzene rings is 1. The van der Waals surface area contributed by atoms with Crippen LogP contribution in [0.2, 0.25) is 0 Å². The Kier molecular flexibility index (Phi) is 6.56. The Balaban J connectivity index is 2.45. The molecular weight excluding hydrogens is 256 g/mol. The van der Waals surface area contributed by atoms with Crippen LogP contribution in [0.4, 0.5) is 0 Å². The van der Waals surface area contributed by atoms with Crippen molar-refractivity contribution in [1.82, 2.24) is 10.2 Å². The van der Waals surface area contributed by atoms with Gasteiger partial charge in [0.1, 0.15) is 5.75 Å². The van der Waals surface area contributed by atoms with Crippen molar-refractivity contribution in [2.24, 2.45) is 0 Å². The van der Waals surface area contributed by atoms with Gasteiger partial charge in [0.25, 0.3) is 5.91 Å². The zero-order chi connectivity index (χ0) is 15.0. The van der Waals surface area contributed by atoms with E-state index in [0.29, 0.717) is 25.3 Å². The predicted octanol–water partition coefficient (Wildman–Crippen LogP) is 1.68. The molecule has 0 aromatic heterocycles. The van der Waals surface area contributed by atoms with Crippen molar-refractivity contribution in [3.8, 4) is 5.75 Å². The van der Waals surface area contributed by atoms with Crippen molar-refractivity contribution in [2.45, 2.75) is 20.3 Å². The molecular formula is C15H22N2O3. The smallest absolute Gasteiger partial charge is 0.253 e. The molecule has 0 heterocycles. The third-order valence-electron chi connectivity index (χ3n) is 2.80. The summed E-state index contributed by atoms with van der Waals surface area (Å²) in [6.07, 6.45) is 0.735. The van der Waals surface area contributed by atoms with E-state index in [4.69, 9.17) is 4.74 Å². The molecule has 0 spiro atoms. The fourth-order valence-electron chi connectivity index (χ4n) is 1.76.